The van der Waals surface area contributed by atoms with Crippen LogP contribution in [0.5, 0.6) is 5.75 Å². The Bertz CT molecular complexity index is 1280. The van der Waals surface area contributed by atoms with Gasteiger partial charge >= 0.3 is 5.97 Å². The highest BCUT2D eigenvalue weighted by atomic mass is 16.5. The van der Waals surface area contributed by atoms with Gasteiger partial charge in [0.05, 0.1) is 12.8 Å². The number of hydrogen-bond donors (Lipinski definition) is 1. The Labute approximate surface area is 236 Å². The number of anilines is 1. The van der Waals surface area contributed by atoms with Crippen LogP contribution in [0.15, 0.2) is 96.4 Å². The number of benzene rings is 3. The summed E-state index contributed by atoms with van der Waals surface area (Å²) in [5, 5.41) is 6.22. The standard InChI is InChI=1S/C28H26N4O4.2C2H6/c1-35-28(33)25(16-20-8-4-2-5-9-20)32-27-24(17-31-34)26(29-19-30-27)22-12-14-23(15-13-22)36-18-21-10-6-3-7-11-21;2*1-2/h2-15,19,25H,16-18H2,1H3,(H,29,30,32);2*1-2H3. The van der Waals surface area contributed by atoms with Crippen molar-refractivity contribution >= 4 is 11.8 Å². The highest BCUT2D eigenvalue weighted by Crippen LogP contribution is 2.29. The van der Waals surface area contributed by atoms with Gasteiger partial charge in [-0.05, 0) is 35.4 Å². The van der Waals surface area contributed by atoms with Crippen molar-refractivity contribution in [2.45, 2.75) is 53.3 Å². The third kappa shape index (κ3) is 9.31. The summed E-state index contributed by atoms with van der Waals surface area (Å²) in [5.74, 6) is 0.623. The highest BCUT2D eigenvalue weighted by Gasteiger charge is 2.23. The lowest BCUT2D eigenvalue weighted by molar-refractivity contribution is -0.141. The number of nitrogens with one attached hydrogen (secondary N) is 1. The minimum atomic E-state index is -0.709. The maximum absolute atomic E-state index is 12.5. The predicted octanol–water partition coefficient (Wildman–Crippen LogP) is 7.24. The number of esters is 1. The second-order valence-electron chi connectivity index (χ2n) is 8.05. The molecule has 0 bridgehead atoms. The Morgan fingerprint density at radius 2 is 1.45 bits per heavy atom. The molecule has 210 valence electrons. The normalized spacial score (nSPS) is 10.5. The molecular formula is C32H38N4O4. The average molecular weight is 543 g/mol. The number of carbonyl (C=O) groups excluding carboxylic acids is 1. The lowest BCUT2D eigenvalue weighted by Gasteiger charge is -2.19. The summed E-state index contributed by atoms with van der Waals surface area (Å²) in [6, 6.07) is 26.2. The van der Waals surface area contributed by atoms with Crippen LogP contribution < -0.4 is 10.1 Å². The maximum Gasteiger partial charge on any atom is 0.328 e. The molecular weight excluding hydrogens is 504 g/mol. The summed E-state index contributed by atoms with van der Waals surface area (Å²) in [7, 11) is 1.34. The summed E-state index contributed by atoms with van der Waals surface area (Å²) in [6.07, 6.45) is 1.77. The number of ether oxygens (including phenoxy) is 2. The molecule has 1 aromatic heterocycles. The zero-order valence-electron chi connectivity index (χ0n) is 23.8. The Balaban J connectivity index is 0.00000134. The second-order valence-corrected chi connectivity index (χ2v) is 8.05. The number of nitrogens with zero attached hydrogens (tertiary/aromatic N) is 3. The van der Waals surface area contributed by atoms with Gasteiger partial charge in [0.25, 0.3) is 0 Å². The van der Waals surface area contributed by atoms with Crippen molar-refractivity contribution < 1.29 is 14.3 Å². The van der Waals surface area contributed by atoms with Gasteiger partial charge in [0.15, 0.2) is 0 Å². The van der Waals surface area contributed by atoms with Crippen molar-refractivity contribution in [2.24, 2.45) is 5.18 Å². The van der Waals surface area contributed by atoms with Gasteiger partial charge in [0.2, 0.25) is 0 Å². The molecule has 0 amide bonds. The minimum absolute atomic E-state index is 0.163. The van der Waals surface area contributed by atoms with E-state index in [0.717, 1.165) is 16.7 Å². The van der Waals surface area contributed by atoms with Gasteiger partial charge in [-0.15, -0.1) is 0 Å². The Morgan fingerprint density at radius 1 is 0.850 bits per heavy atom. The largest absolute Gasteiger partial charge is 0.489 e. The fourth-order valence-electron chi connectivity index (χ4n) is 3.80. The van der Waals surface area contributed by atoms with E-state index in [1.165, 1.54) is 13.4 Å². The van der Waals surface area contributed by atoms with Gasteiger partial charge in [-0.1, -0.05) is 93.5 Å². The summed E-state index contributed by atoms with van der Waals surface area (Å²) in [5.41, 5.74) is 3.83. The van der Waals surface area contributed by atoms with Crippen LogP contribution in [-0.4, -0.2) is 29.1 Å². The molecule has 0 fully saturated rings. The van der Waals surface area contributed by atoms with E-state index in [4.69, 9.17) is 9.47 Å². The second kappa shape index (κ2) is 17.8. The third-order valence-corrected chi connectivity index (χ3v) is 5.62. The van der Waals surface area contributed by atoms with E-state index < -0.39 is 12.0 Å². The fourth-order valence-corrected chi connectivity index (χ4v) is 3.80. The van der Waals surface area contributed by atoms with E-state index in [0.29, 0.717) is 35.9 Å². The van der Waals surface area contributed by atoms with Crippen LogP contribution in [0, 0.1) is 4.91 Å². The molecule has 8 heteroatoms. The smallest absolute Gasteiger partial charge is 0.328 e. The first kappa shape index (κ1) is 31.6. The lowest BCUT2D eigenvalue weighted by atomic mass is 10.0. The van der Waals surface area contributed by atoms with Crippen LogP contribution in [0.4, 0.5) is 5.82 Å². The number of hydrogen-bond acceptors (Lipinski definition) is 8. The molecule has 4 aromatic rings. The third-order valence-electron chi connectivity index (χ3n) is 5.62. The van der Waals surface area contributed by atoms with Gasteiger partial charge in [0.1, 0.15) is 37.1 Å². The summed E-state index contributed by atoms with van der Waals surface area (Å²) < 4.78 is 10.9. The van der Waals surface area contributed by atoms with Gasteiger partial charge in [0, 0.05) is 17.5 Å². The zero-order valence-corrected chi connectivity index (χ0v) is 23.8. The molecule has 0 spiro atoms. The zero-order chi connectivity index (χ0) is 29.2. The Kier molecular flexibility index (Phi) is 14.1. The summed E-state index contributed by atoms with van der Waals surface area (Å²) in [4.78, 5) is 32.5. The van der Waals surface area contributed by atoms with E-state index in [1.807, 2.05) is 113 Å². The fraction of sp³-hybridized carbons (Fsp3) is 0.281. The number of rotatable bonds is 11. The van der Waals surface area contributed by atoms with Crippen molar-refractivity contribution in [3.8, 4) is 17.0 Å². The number of methoxy groups -OCH3 is 1. The molecule has 3 aromatic carbocycles. The van der Waals surface area contributed by atoms with Gasteiger partial charge in [-0.3, -0.25) is 0 Å². The van der Waals surface area contributed by atoms with Crippen LogP contribution in [0.2, 0.25) is 0 Å². The molecule has 0 saturated carbocycles. The first-order chi connectivity index (χ1) is 19.7. The first-order valence-electron chi connectivity index (χ1n) is 13.5. The van der Waals surface area contributed by atoms with Crippen molar-refractivity contribution in [1.29, 1.82) is 0 Å². The molecule has 1 heterocycles. The van der Waals surface area contributed by atoms with Gasteiger partial charge in [-0.25, -0.2) is 14.8 Å². The molecule has 4 rings (SSSR count). The van der Waals surface area contributed by atoms with Crippen molar-refractivity contribution in [1.82, 2.24) is 9.97 Å². The topological polar surface area (TPSA) is 103 Å². The average Bonchev–Trinajstić information content (AvgIpc) is 3.03. The Morgan fingerprint density at radius 3 is 2.02 bits per heavy atom. The van der Waals surface area contributed by atoms with E-state index in [-0.39, 0.29) is 6.54 Å². The van der Waals surface area contributed by atoms with Crippen LogP contribution in [0.1, 0.15) is 44.4 Å². The molecule has 0 saturated heterocycles. The SMILES string of the molecule is CC.CC.COC(=O)C(Cc1ccccc1)Nc1ncnc(-c2ccc(OCc3ccccc3)cc2)c1CN=O. The van der Waals surface area contributed by atoms with Crippen LogP contribution >= 0.6 is 0 Å². The molecule has 0 radical (unpaired) electrons. The van der Waals surface area contributed by atoms with E-state index in [2.05, 4.69) is 20.5 Å². The van der Waals surface area contributed by atoms with Crippen LogP contribution in [-0.2, 0) is 29.1 Å². The molecule has 8 nitrogen and oxygen atoms in total. The molecule has 40 heavy (non-hydrogen) atoms. The summed E-state index contributed by atoms with van der Waals surface area (Å²) in [6.45, 7) is 8.29. The van der Waals surface area contributed by atoms with Crippen molar-refractivity contribution in [3.63, 3.8) is 0 Å². The number of aromatic nitrogens is 2. The van der Waals surface area contributed by atoms with E-state index >= 15 is 0 Å². The van der Waals surface area contributed by atoms with Gasteiger partial charge < -0.3 is 14.8 Å². The molecule has 1 atom stereocenters. The highest BCUT2D eigenvalue weighted by molar-refractivity contribution is 5.80. The Hall–Kier alpha value is -4.59. The lowest BCUT2D eigenvalue weighted by Crippen LogP contribution is -2.33. The maximum atomic E-state index is 12.5. The summed E-state index contributed by atoms with van der Waals surface area (Å²) >= 11 is 0. The van der Waals surface area contributed by atoms with Gasteiger partial charge in [-0.2, -0.15) is 4.91 Å². The number of nitroso groups, excluding NO2 is 1. The van der Waals surface area contributed by atoms with E-state index in [1.54, 1.807) is 0 Å². The molecule has 0 aliphatic heterocycles. The quantitative estimate of drug-likeness (QED) is 0.157. The molecule has 1 N–H and O–H groups in total. The molecule has 0 aliphatic rings. The monoisotopic (exact) mass is 542 g/mol. The minimum Gasteiger partial charge on any atom is -0.489 e. The molecule has 0 aliphatic carbocycles. The van der Waals surface area contributed by atoms with Crippen LogP contribution in [0.25, 0.3) is 11.3 Å². The predicted molar refractivity (Wildman–Crippen MR) is 160 cm³/mol. The van der Waals surface area contributed by atoms with Crippen molar-refractivity contribution in [3.05, 3.63) is 113 Å². The number of carbonyl (C=O) groups is 1. The van der Waals surface area contributed by atoms with Crippen molar-refractivity contribution in [2.75, 3.05) is 12.4 Å². The van der Waals surface area contributed by atoms with E-state index in [9.17, 15) is 9.70 Å². The first-order valence-corrected chi connectivity index (χ1v) is 13.5. The van der Waals surface area contributed by atoms with Crippen LogP contribution in [0.3, 0.4) is 0 Å². The molecule has 1 unspecified atom stereocenters.